The minimum Gasteiger partial charge on any atom is -0.457 e. The van der Waals surface area contributed by atoms with Gasteiger partial charge in [-0.15, -0.1) is 0 Å². The molecule has 0 N–H and O–H groups in total. The molecule has 0 radical (unpaired) electrons. The molecule has 5 aliphatic rings. The molecule has 0 saturated heterocycles. The monoisotopic (exact) mass is 805 g/mol. The van der Waals surface area contributed by atoms with E-state index >= 15 is 0 Å². The zero-order valence-corrected chi connectivity index (χ0v) is 34.3. The highest BCUT2D eigenvalue weighted by Crippen LogP contribution is 2.65. The summed E-state index contributed by atoms with van der Waals surface area (Å²) in [6, 6.07) is 59.9. The predicted molar refractivity (Wildman–Crippen MR) is 256 cm³/mol. The zero-order chi connectivity index (χ0) is 40.9. The van der Waals surface area contributed by atoms with Crippen molar-refractivity contribution in [3.8, 4) is 33.5 Å². The summed E-state index contributed by atoms with van der Waals surface area (Å²) in [5.41, 5.74) is 16.3. The van der Waals surface area contributed by atoms with E-state index in [1.54, 1.807) is 5.56 Å². The van der Waals surface area contributed by atoms with Gasteiger partial charge in [-0.05, 0) is 98.2 Å². The lowest BCUT2D eigenvalue weighted by molar-refractivity contribution is 0.476. The van der Waals surface area contributed by atoms with Crippen LogP contribution in [0, 0.1) is 11.8 Å². The maximum Gasteiger partial charge on any atom is 0.161 e. The quantitative estimate of drug-likeness (QED) is 0.167. The first-order valence-corrected chi connectivity index (χ1v) is 22.5. The number of fused-ring (bicyclic) bond motifs is 21. The Morgan fingerprint density at radius 2 is 1.30 bits per heavy atom. The van der Waals surface area contributed by atoms with Gasteiger partial charge in [-0.3, -0.25) is 0 Å². The summed E-state index contributed by atoms with van der Waals surface area (Å²) in [7, 11) is 0. The summed E-state index contributed by atoms with van der Waals surface area (Å²) < 4.78 is 7.40. The molecule has 1 saturated carbocycles. The standard InChI is InChI=1S/C59H39N3O/c1-2-14-35(15-3-1)54-59(61-55-38-16-6-4-12-33(38)24-28-50(55)60-54)62-51-29-25-37(36-23-26-42-40-18-8-9-19-41(40)47-32-48(47)46(42)30-36)31-49(51)52-43-20-10-11-21-44(43)53-45-27-22-34-13-5-7-17-39(34)57(45)63-58(53)56(52)62/h1-31,40-41,47-48,52,56H,32H2. The van der Waals surface area contributed by atoms with Gasteiger partial charge in [-0.25, -0.2) is 9.97 Å². The van der Waals surface area contributed by atoms with Crippen LogP contribution in [0.15, 0.2) is 193 Å². The van der Waals surface area contributed by atoms with Gasteiger partial charge < -0.3 is 9.32 Å². The predicted octanol–water partition coefficient (Wildman–Crippen LogP) is 15.0. The van der Waals surface area contributed by atoms with Crippen LogP contribution in [0.3, 0.4) is 0 Å². The van der Waals surface area contributed by atoms with E-state index in [2.05, 4.69) is 193 Å². The minimum atomic E-state index is -0.227. The van der Waals surface area contributed by atoms with Gasteiger partial charge in [0.2, 0.25) is 0 Å². The highest BCUT2D eigenvalue weighted by Gasteiger charge is 2.52. The number of hydrogen-bond donors (Lipinski definition) is 0. The Hall–Kier alpha value is -7.56. The largest absolute Gasteiger partial charge is 0.457 e. The maximum atomic E-state index is 7.40. The second kappa shape index (κ2) is 12.5. The van der Waals surface area contributed by atoms with Crippen LogP contribution in [0.4, 0.5) is 11.5 Å². The number of rotatable bonds is 3. The molecular weight excluding hydrogens is 767 g/mol. The van der Waals surface area contributed by atoms with Gasteiger partial charge in [0.05, 0.1) is 11.0 Å². The van der Waals surface area contributed by atoms with Crippen LogP contribution in [0.2, 0.25) is 0 Å². The molecule has 6 unspecified atom stereocenters. The SMILES string of the molecule is C1=CC2c3ccc(-c4ccc5c(c4)C4c6ccccc6-c6c(oc7c6ccc6ccccc67)C4N5c4nc5c(ccc6ccccc65)nc4-c4ccccc4)cc3C3CC3C2C=C1. The molecule has 8 aromatic carbocycles. The molecule has 0 bridgehead atoms. The van der Waals surface area contributed by atoms with Crippen molar-refractivity contribution in [1.29, 1.82) is 0 Å². The van der Waals surface area contributed by atoms with Crippen molar-refractivity contribution in [3.05, 3.63) is 216 Å². The molecule has 4 nitrogen and oxygen atoms in total. The molecule has 0 amide bonds. The van der Waals surface area contributed by atoms with E-state index in [0.29, 0.717) is 17.8 Å². The van der Waals surface area contributed by atoms with Gasteiger partial charge >= 0.3 is 0 Å². The average Bonchev–Trinajstić information content (AvgIpc) is 3.96. The summed E-state index contributed by atoms with van der Waals surface area (Å²) in [4.78, 5) is 13.8. The van der Waals surface area contributed by atoms with Crippen molar-refractivity contribution < 1.29 is 4.42 Å². The van der Waals surface area contributed by atoms with E-state index in [9.17, 15) is 0 Å². The molecule has 15 rings (SSSR count). The Morgan fingerprint density at radius 1 is 0.556 bits per heavy atom. The molecule has 1 aliphatic heterocycles. The number of anilines is 2. The average molecular weight is 806 g/mol. The molecule has 3 heterocycles. The summed E-state index contributed by atoms with van der Waals surface area (Å²) in [6.07, 6.45) is 10.7. The van der Waals surface area contributed by atoms with Crippen molar-refractivity contribution in [3.63, 3.8) is 0 Å². The van der Waals surface area contributed by atoms with Crippen molar-refractivity contribution in [2.24, 2.45) is 11.8 Å². The van der Waals surface area contributed by atoms with Gasteiger partial charge in [0.15, 0.2) is 5.82 Å². The Kier molecular flexibility index (Phi) is 6.77. The number of allylic oxidation sites excluding steroid dienone is 4. The molecule has 0 spiro atoms. The highest BCUT2D eigenvalue weighted by molar-refractivity contribution is 6.12. The number of furan rings is 1. The topological polar surface area (TPSA) is 42.2 Å². The second-order valence-electron chi connectivity index (χ2n) is 18.3. The molecule has 10 aromatic rings. The van der Waals surface area contributed by atoms with Gasteiger partial charge in [-0.1, -0.05) is 164 Å². The lowest BCUT2D eigenvalue weighted by Crippen LogP contribution is -2.27. The van der Waals surface area contributed by atoms with Crippen LogP contribution >= 0.6 is 0 Å². The van der Waals surface area contributed by atoms with Crippen molar-refractivity contribution in [2.75, 3.05) is 4.90 Å². The zero-order valence-electron chi connectivity index (χ0n) is 34.3. The van der Waals surface area contributed by atoms with Crippen LogP contribution in [0.5, 0.6) is 0 Å². The summed E-state index contributed by atoms with van der Waals surface area (Å²) in [5, 5.41) is 5.68. The summed E-state index contributed by atoms with van der Waals surface area (Å²) in [5.74, 6) is 4.28. The van der Waals surface area contributed by atoms with E-state index in [0.717, 1.165) is 72.6 Å². The van der Waals surface area contributed by atoms with Crippen molar-refractivity contribution in [1.82, 2.24) is 9.97 Å². The number of benzene rings is 8. The van der Waals surface area contributed by atoms with E-state index in [-0.39, 0.29) is 12.0 Å². The lowest BCUT2D eigenvalue weighted by atomic mass is 9.72. The normalized spacial score (nSPS) is 22.1. The molecular formula is C59H39N3O. The van der Waals surface area contributed by atoms with Crippen LogP contribution in [-0.4, -0.2) is 9.97 Å². The van der Waals surface area contributed by atoms with Crippen LogP contribution in [0.1, 0.15) is 58.2 Å². The number of aromatic nitrogens is 2. The molecule has 4 heteroatoms. The van der Waals surface area contributed by atoms with Gasteiger partial charge in [0.25, 0.3) is 0 Å². The van der Waals surface area contributed by atoms with Gasteiger partial charge in [0.1, 0.15) is 23.1 Å². The summed E-state index contributed by atoms with van der Waals surface area (Å²) >= 11 is 0. The van der Waals surface area contributed by atoms with Crippen LogP contribution in [0.25, 0.3) is 77.1 Å². The molecule has 296 valence electrons. The minimum absolute atomic E-state index is 0.0329. The summed E-state index contributed by atoms with van der Waals surface area (Å²) in [6.45, 7) is 0. The third-order valence-corrected chi connectivity index (χ3v) is 15.2. The Morgan fingerprint density at radius 3 is 2.21 bits per heavy atom. The molecule has 1 fully saturated rings. The van der Waals surface area contributed by atoms with Crippen LogP contribution < -0.4 is 4.90 Å². The fourth-order valence-corrected chi connectivity index (χ4v) is 12.3. The fraction of sp³-hybridized carbons (Fsp3) is 0.119. The number of hydrogen-bond acceptors (Lipinski definition) is 4. The smallest absolute Gasteiger partial charge is 0.161 e. The Labute approximate surface area is 364 Å². The second-order valence-corrected chi connectivity index (χ2v) is 18.3. The van der Waals surface area contributed by atoms with Gasteiger partial charge in [-0.2, -0.15) is 0 Å². The number of nitrogens with zero attached hydrogens (tertiary/aromatic N) is 3. The highest BCUT2D eigenvalue weighted by atomic mass is 16.3. The fourth-order valence-electron chi connectivity index (χ4n) is 12.3. The Bertz CT molecular complexity index is 3670. The molecule has 6 atom stereocenters. The molecule has 2 aromatic heterocycles. The molecule has 63 heavy (non-hydrogen) atoms. The van der Waals surface area contributed by atoms with E-state index in [4.69, 9.17) is 14.4 Å². The third kappa shape index (κ3) is 4.70. The van der Waals surface area contributed by atoms with E-state index in [1.165, 1.54) is 50.8 Å². The van der Waals surface area contributed by atoms with E-state index in [1.807, 2.05) is 0 Å². The van der Waals surface area contributed by atoms with Gasteiger partial charge in [0, 0.05) is 44.8 Å². The lowest BCUT2D eigenvalue weighted by Gasteiger charge is -2.34. The maximum absolute atomic E-state index is 7.40. The van der Waals surface area contributed by atoms with E-state index < -0.39 is 0 Å². The van der Waals surface area contributed by atoms with Crippen molar-refractivity contribution in [2.45, 2.75) is 30.2 Å². The molecule has 4 aliphatic carbocycles. The first-order valence-electron chi connectivity index (χ1n) is 22.5. The Balaban J connectivity index is 1.01. The van der Waals surface area contributed by atoms with Crippen molar-refractivity contribution >= 4 is 55.1 Å². The first-order chi connectivity index (χ1) is 31.2. The third-order valence-electron chi connectivity index (χ3n) is 15.2. The van der Waals surface area contributed by atoms with Crippen LogP contribution in [-0.2, 0) is 0 Å². The first kappa shape index (κ1) is 34.1.